The van der Waals surface area contributed by atoms with Crippen LogP contribution in [0.3, 0.4) is 0 Å². The molecule has 0 spiro atoms. The Morgan fingerprint density at radius 1 is 1.21 bits per heavy atom. The third-order valence-corrected chi connectivity index (χ3v) is 6.22. The number of thiophene rings is 1. The molecule has 0 unspecified atom stereocenters. The maximum atomic E-state index is 12.3. The Morgan fingerprint density at radius 3 is 2.79 bits per heavy atom. The summed E-state index contributed by atoms with van der Waals surface area (Å²) in [4.78, 5) is 25.4. The molecule has 0 fully saturated rings. The summed E-state index contributed by atoms with van der Waals surface area (Å²) >= 11 is 3.21. The SMILES string of the molecule is CC(C)COc1c[nH]c(CSc2ncnc3scc(-c4ccccc4)c23)cc1=O. The Hall–Kier alpha value is -2.64. The quantitative estimate of drug-likeness (QED) is 0.319. The molecule has 4 rings (SSSR count). The van der Waals surface area contributed by atoms with Crippen LogP contribution in [0, 0.1) is 5.92 Å². The first-order valence-electron chi connectivity index (χ1n) is 9.36. The number of nitrogens with zero attached hydrogens (tertiary/aromatic N) is 2. The topological polar surface area (TPSA) is 67.9 Å². The molecular formula is C22H21N3O2S2. The number of hydrogen-bond donors (Lipinski definition) is 1. The van der Waals surface area contributed by atoms with Gasteiger partial charge in [-0.3, -0.25) is 4.79 Å². The van der Waals surface area contributed by atoms with Crippen molar-refractivity contribution in [2.45, 2.75) is 24.6 Å². The first-order chi connectivity index (χ1) is 14.1. The molecule has 0 saturated carbocycles. The van der Waals surface area contributed by atoms with E-state index in [0.29, 0.717) is 24.0 Å². The highest BCUT2D eigenvalue weighted by Crippen LogP contribution is 2.38. The van der Waals surface area contributed by atoms with Gasteiger partial charge in [-0.25, -0.2) is 9.97 Å². The number of fused-ring (bicyclic) bond motifs is 1. The van der Waals surface area contributed by atoms with Crippen LogP contribution < -0.4 is 10.2 Å². The van der Waals surface area contributed by atoms with E-state index in [2.05, 4.69) is 46.3 Å². The van der Waals surface area contributed by atoms with Gasteiger partial charge in [0.15, 0.2) is 5.75 Å². The van der Waals surface area contributed by atoms with Crippen LogP contribution in [-0.4, -0.2) is 21.6 Å². The molecule has 5 nitrogen and oxygen atoms in total. The highest BCUT2D eigenvalue weighted by atomic mass is 32.2. The molecule has 1 aromatic carbocycles. The minimum atomic E-state index is -0.103. The normalized spacial score (nSPS) is 11.3. The molecule has 3 heterocycles. The molecule has 0 saturated heterocycles. The molecule has 0 bridgehead atoms. The maximum absolute atomic E-state index is 12.3. The Balaban J connectivity index is 1.57. The lowest BCUT2D eigenvalue weighted by Crippen LogP contribution is -2.13. The van der Waals surface area contributed by atoms with Crippen LogP contribution in [0.1, 0.15) is 19.5 Å². The Bertz CT molecular complexity index is 1170. The third kappa shape index (κ3) is 4.52. The number of benzene rings is 1. The number of pyridine rings is 1. The zero-order chi connectivity index (χ0) is 20.2. The lowest BCUT2D eigenvalue weighted by molar-refractivity contribution is 0.268. The van der Waals surface area contributed by atoms with Crippen LogP contribution in [0.15, 0.2) is 64.1 Å². The van der Waals surface area contributed by atoms with E-state index >= 15 is 0 Å². The number of thioether (sulfide) groups is 1. The van der Waals surface area contributed by atoms with E-state index in [1.54, 1.807) is 41.7 Å². The summed E-state index contributed by atoms with van der Waals surface area (Å²) in [5, 5.41) is 4.10. The minimum Gasteiger partial charge on any atom is -0.488 e. The second-order valence-corrected chi connectivity index (χ2v) is 8.88. The van der Waals surface area contributed by atoms with E-state index in [1.807, 2.05) is 18.2 Å². The summed E-state index contributed by atoms with van der Waals surface area (Å²) in [7, 11) is 0. The Kier molecular flexibility index (Phi) is 5.97. The smallest absolute Gasteiger partial charge is 0.223 e. The second-order valence-electron chi connectivity index (χ2n) is 7.05. The molecule has 0 atom stereocenters. The highest BCUT2D eigenvalue weighted by molar-refractivity contribution is 7.98. The number of aromatic nitrogens is 3. The summed E-state index contributed by atoms with van der Waals surface area (Å²) in [5.41, 5.74) is 3.02. The monoisotopic (exact) mass is 423 g/mol. The van der Waals surface area contributed by atoms with Crippen LogP contribution in [0.25, 0.3) is 21.3 Å². The van der Waals surface area contributed by atoms with Crippen molar-refractivity contribution in [1.29, 1.82) is 0 Å². The van der Waals surface area contributed by atoms with Crippen LogP contribution in [-0.2, 0) is 5.75 Å². The number of ether oxygens (including phenoxy) is 1. The van der Waals surface area contributed by atoms with Crippen molar-refractivity contribution < 1.29 is 4.74 Å². The summed E-state index contributed by atoms with van der Waals surface area (Å²) in [5.74, 6) is 1.34. The van der Waals surface area contributed by atoms with Crippen molar-refractivity contribution in [3.8, 4) is 16.9 Å². The summed E-state index contributed by atoms with van der Waals surface area (Å²) in [6, 6.07) is 11.9. The minimum absolute atomic E-state index is 0.103. The van der Waals surface area contributed by atoms with Crippen LogP contribution in [0.2, 0.25) is 0 Å². The molecule has 148 valence electrons. The average Bonchev–Trinajstić information content (AvgIpc) is 3.17. The number of nitrogens with one attached hydrogen (secondary N) is 1. The molecule has 4 aromatic rings. The molecule has 3 aromatic heterocycles. The van der Waals surface area contributed by atoms with Gasteiger partial charge in [0.1, 0.15) is 16.2 Å². The number of hydrogen-bond acceptors (Lipinski definition) is 6. The predicted octanol–water partition coefficient (Wildman–Crippen LogP) is 5.37. The van der Waals surface area contributed by atoms with Crippen molar-refractivity contribution in [2.75, 3.05) is 6.61 Å². The Labute approximate surface area is 177 Å². The van der Waals surface area contributed by atoms with Gasteiger partial charge in [0.05, 0.1) is 12.0 Å². The molecule has 1 N–H and O–H groups in total. The summed E-state index contributed by atoms with van der Waals surface area (Å²) < 4.78 is 5.56. The van der Waals surface area contributed by atoms with Crippen molar-refractivity contribution in [3.05, 3.63) is 70.2 Å². The van der Waals surface area contributed by atoms with E-state index in [9.17, 15) is 4.79 Å². The first kappa shape index (κ1) is 19.7. The largest absolute Gasteiger partial charge is 0.488 e. The van der Waals surface area contributed by atoms with Gasteiger partial charge in [0, 0.05) is 34.7 Å². The maximum Gasteiger partial charge on any atom is 0.223 e. The molecule has 7 heteroatoms. The average molecular weight is 424 g/mol. The lowest BCUT2D eigenvalue weighted by atomic mass is 10.1. The summed E-state index contributed by atoms with van der Waals surface area (Å²) in [6.07, 6.45) is 3.25. The van der Waals surface area contributed by atoms with Gasteiger partial charge in [0.25, 0.3) is 0 Å². The highest BCUT2D eigenvalue weighted by Gasteiger charge is 2.14. The Morgan fingerprint density at radius 2 is 2.03 bits per heavy atom. The molecule has 29 heavy (non-hydrogen) atoms. The van der Waals surface area contributed by atoms with Gasteiger partial charge in [-0.2, -0.15) is 0 Å². The van der Waals surface area contributed by atoms with E-state index in [4.69, 9.17) is 4.74 Å². The van der Waals surface area contributed by atoms with E-state index in [0.717, 1.165) is 32.1 Å². The van der Waals surface area contributed by atoms with Gasteiger partial charge < -0.3 is 9.72 Å². The zero-order valence-corrected chi connectivity index (χ0v) is 17.8. The fraction of sp³-hybridized carbons (Fsp3) is 0.227. The summed E-state index contributed by atoms with van der Waals surface area (Å²) in [6.45, 7) is 4.63. The van der Waals surface area contributed by atoms with Crippen molar-refractivity contribution in [2.24, 2.45) is 5.92 Å². The molecule has 0 aliphatic heterocycles. The molecule has 0 aliphatic carbocycles. The van der Waals surface area contributed by atoms with Crippen molar-refractivity contribution >= 4 is 33.3 Å². The van der Waals surface area contributed by atoms with Gasteiger partial charge in [-0.05, 0) is 11.5 Å². The van der Waals surface area contributed by atoms with Gasteiger partial charge >= 0.3 is 0 Å². The molecule has 0 aliphatic rings. The number of rotatable bonds is 7. The second kappa shape index (κ2) is 8.80. The van der Waals surface area contributed by atoms with E-state index in [-0.39, 0.29) is 5.43 Å². The van der Waals surface area contributed by atoms with Crippen molar-refractivity contribution in [3.63, 3.8) is 0 Å². The fourth-order valence-corrected chi connectivity index (χ4v) is 4.80. The first-order valence-corrected chi connectivity index (χ1v) is 11.2. The van der Waals surface area contributed by atoms with Gasteiger partial charge in [-0.1, -0.05) is 55.9 Å². The van der Waals surface area contributed by atoms with Gasteiger partial charge in [-0.15, -0.1) is 11.3 Å². The molecule has 0 radical (unpaired) electrons. The standard InChI is InChI=1S/C22H21N3O2S2/c1-14(2)10-27-19-9-23-16(8-18(19)26)11-28-21-20-17(15-6-4-3-5-7-15)12-29-22(20)25-13-24-21/h3-9,12-14H,10-11H2,1-2H3,(H,23,26). The fourth-order valence-electron chi connectivity index (χ4n) is 2.89. The van der Waals surface area contributed by atoms with E-state index in [1.165, 1.54) is 0 Å². The van der Waals surface area contributed by atoms with Gasteiger partial charge in [0.2, 0.25) is 5.43 Å². The number of aromatic amines is 1. The van der Waals surface area contributed by atoms with Crippen LogP contribution in [0.5, 0.6) is 5.75 Å². The predicted molar refractivity (Wildman–Crippen MR) is 120 cm³/mol. The van der Waals surface area contributed by atoms with Crippen LogP contribution in [0.4, 0.5) is 0 Å². The molecular weight excluding hydrogens is 402 g/mol. The zero-order valence-electron chi connectivity index (χ0n) is 16.2. The van der Waals surface area contributed by atoms with Crippen molar-refractivity contribution in [1.82, 2.24) is 15.0 Å². The van der Waals surface area contributed by atoms with Crippen LogP contribution >= 0.6 is 23.1 Å². The third-order valence-electron chi connectivity index (χ3n) is 4.29. The molecule has 0 amide bonds. The van der Waals surface area contributed by atoms with E-state index < -0.39 is 0 Å². The lowest BCUT2D eigenvalue weighted by Gasteiger charge is -2.09. The number of H-pyrrole nitrogens is 1.